The van der Waals surface area contributed by atoms with Crippen molar-refractivity contribution >= 4 is 30.1 Å². The predicted octanol–water partition coefficient (Wildman–Crippen LogP) is 1.20. The third-order valence-electron chi connectivity index (χ3n) is 4.79. The summed E-state index contributed by atoms with van der Waals surface area (Å²) in [5, 5.41) is 15.4. The SMILES string of the molecule is Cl.N=C(N)c1cnc(N2CCCC(N3Cc4ccccc4C3=O)C2)nn1. The molecular formula is C17H20ClN7O. The highest BCUT2D eigenvalue weighted by Gasteiger charge is 2.35. The number of nitrogen functional groups attached to an aromatic ring is 1. The molecule has 3 heterocycles. The van der Waals surface area contributed by atoms with Crippen molar-refractivity contribution in [3.63, 3.8) is 0 Å². The van der Waals surface area contributed by atoms with Gasteiger partial charge in [0.25, 0.3) is 5.91 Å². The van der Waals surface area contributed by atoms with Crippen LogP contribution in [0.1, 0.15) is 34.5 Å². The number of hydrogen-bond acceptors (Lipinski definition) is 6. The number of halogens is 1. The molecular weight excluding hydrogens is 354 g/mol. The van der Waals surface area contributed by atoms with Gasteiger partial charge in [0.05, 0.1) is 12.2 Å². The van der Waals surface area contributed by atoms with Crippen LogP contribution >= 0.6 is 12.4 Å². The lowest BCUT2D eigenvalue weighted by atomic mass is 10.0. The molecule has 0 aliphatic carbocycles. The number of anilines is 1. The normalized spacial score (nSPS) is 19.1. The number of piperidine rings is 1. The van der Waals surface area contributed by atoms with Gasteiger partial charge in [-0.2, -0.15) is 0 Å². The minimum Gasteiger partial charge on any atom is -0.382 e. The zero-order chi connectivity index (χ0) is 17.4. The van der Waals surface area contributed by atoms with Crippen molar-refractivity contribution in [1.82, 2.24) is 20.1 Å². The molecule has 2 aliphatic rings. The summed E-state index contributed by atoms with van der Waals surface area (Å²) >= 11 is 0. The summed E-state index contributed by atoms with van der Waals surface area (Å²) in [7, 11) is 0. The monoisotopic (exact) mass is 373 g/mol. The van der Waals surface area contributed by atoms with Gasteiger partial charge in [-0.1, -0.05) is 18.2 Å². The van der Waals surface area contributed by atoms with Gasteiger partial charge < -0.3 is 15.5 Å². The molecule has 26 heavy (non-hydrogen) atoms. The van der Waals surface area contributed by atoms with Gasteiger partial charge in [-0.3, -0.25) is 10.2 Å². The van der Waals surface area contributed by atoms with Gasteiger partial charge in [0.15, 0.2) is 0 Å². The number of benzene rings is 1. The van der Waals surface area contributed by atoms with E-state index in [1.54, 1.807) is 0 Å². The average molecular weight is 374 g/mol. The Morgan fingerprint density at radius 3 is 2.77 bits per heavy atom. The van der Waals surface area contributed by atoms with Crippen LogP contribution in [-0.4, -0.2) is 51.0 Å². The Kier molecular flexibility index (Phi) is 5.03. The van der Waals surface area contributed by atoms with Crippen molar-refractivity contribution in [3.05, 3.63) is 47.3 Å². The summed E-state index contributed by atoms with van der Waals surface area (Å²) in [6.07, 6.45) is 3.39. The van der Waals surface area contributed by atoms with E-state index in [0.29, 0.717) is 19.0 Å². The van der Waals surface area contributed by atoms with Crippen molar-refractivity contribution in [2.75, 3.05) is 18.0 Å². The second-order valence-electron chi connectivity index (χ2n) is 6.39. The Bertz CT molecular complexity index is 826. The first-order chi connectivity index (χ1) is 12.1. The number of nitrogens with two attached hydrogens (primary N) is 1. The van der Waals surface area contributed by atoms with Gasteiger partial charge in [-0.25, -0.2) is 4.98 Å². The molecule has 2 aromatic rings. The number of nitrogens with zero attached hydrogens (tertiary/aromatic N) is 5. The topological polar surface area (TPSA) is 112 Å². The lowest BCUT2D eigenvalue weighted by Crippen LogP contribution is -2.48. The molecule has 0 bridgehead atoms. The molecule has 2 aliphatic heterocycles. The first kappa shape index (κ1) is 18.1. The van der Waals surface area contributed by atoms with Crippen LogP contribution in [0.25, 0.3) is 0 Å². The highest BCUT2D eigenvalue weighted by atomic mass is 35.5. The van der Waals surface area contributed by atoms with E-state index in [1.165, 1.54) is 6.20 Å². The number of fused-ring (bicyclic) bond motifs is 1. The van der Waals surface area contributed by atoms with E-state index in [0.717, 1.165) is 30.5 Å². The molecule has 3 N–H and O–H groups in total. The lowest BCUT2D eigenvalue weighted by molar-refractivity contribution is 0.0685. The van der Waals surface area contributed by atoms with Crippen molar-refractivity contribution in [3.8, 4) is 0 Å². The van der Waals surface area contributed by atoms with Gasteiger partial charge in [0, 0.05) is 25.2 Å². The predicted molar refractivity (Wildman–Crippen MR) is 99.6 cm³/mol. The molecule has 1 unspecified atom stereocenters. The van der Waals surface area contributed by atoms with Crippen molar-refractivity contribution < 1.29 is 4.79 Å². The third-order valence-corrected chi connectivity index (χ3v) is 4.79. The number of hydrogen-bond donors (Lipinski definition) is 2. The fourth-order valence-electron chi connectivity index (χ4n) is 3.50. The largest absolute Gasteiger partial charge is 0.382 e. The highest BCUT2D eigenvalue weighted by Crippen LogP contribution is 2.28. The number of nitrogens with one attached hydrogen (secondary N) is 1. The standard InChI is InChI=1S/C17H19N7O.ClH/c18-15(19)14-8-20-17(22-21-14)23-7-3-5-12(10-23)24-9-11-4-1-2-6-13(11)16(24)25;/h1-2,4,6,8,12H,3,5,7,9-10H2,(H3,18,19);1H. The van der Waals surface area contributed by atoms with Crippen LogP contribution in [0.5, 0.6) is 0 Å². The lowest BCUT2D eigenvalue weighted by Gasteiger charge is -2.37. The minimum atomic E-state index is -0.150. The van der Waals surface area contributed by atoms with Crippen molar-refractivity contribution in [2.24, 2.45) is 5.73 Å². The summed E-state index contributed by atoms with van der Waals surface area (Å²) in [4.78, 5) is 21.0. The Morgan fingerprint density at radius 1 is 1.27 bits per heavy atom. The second-order valence-corrected chi connectivity index (χ2v) is 6.39. The number of rotatable bonds is 3. The van der Waals surface area contributed by atoms with Crippen LogP contribution < -0.4 is 10.6 Å². The number of aromatic nitrogens is 3. The van der Waals surface area contributed by atoms with Crippen LogP contribution in [0.15, 0.2) is 30.5 Å². The fourth-order valence-corrected chi connectivity index (χ4v) is 3.50. The molecule has 0 saturated carbocycles. The molecule has 4 rings (SSSR count). The molecule has 0 radical (unpaired) electrons. The van der Waals surface area contributed by atoms with Crippen LogP contribution in [0.2, 0.25) is 0 Å². The maximum Gasteiger partial charge on any atom is 0.254 e. The Labute approximate surface area is 157 Å². The van der Waals surface area contributed by atoms with E-state index in [1.807, 2.05) is 34.1 Å². The molecule has 8 nitrogen and oxygen atoms in total. The minimum absolute atomic E-state index is 0. The number of amidine groups is 1. The molecule has 1 amide bonds. The van der Waals surface area contributed by atoms with E-state index < -0.39 is 0 Å². The van der Waals surface area contributed by atoms with Gasteiger partial charge in [0.2, 0.25) is 5.95 Å². The van der Waals surface area contributed by atoms with Gasteiger partial charge in [-0.15, -0.1) is 22.6 Å². The van der Waals surface area contributed by atoms with E-state index in [-0.39, 0.29) is 35.9 Å². The number of carbonyl (C=O) groups excluding carboxylic acids is 1. The molecule has 1 saturated heterocycles. The van der Waals surface area contributed by atoms with E-state index in [9.17, 15) is 4.79 Å². The maximum atomic E-state index is 12.7. The average Bonchev–Trinajstić information content (AvgIpc) is 2.99. The summed E-state index contributed by atoms with van der Waals surface area (Å²) in [6, 6.07) is 7.92. The fraction of sp³-hybridized carbons (Fsp3) is 0.353. The zero-order valence-corrected chi connectivity index (χ0v) is 14.9. The molecule has 136 valence electrons. The summed E-state index contributed by atoms with van der Waals surface area (Å²) in [5.74, 6) is 0.468. The van der Waals surface area contributed by atoms with E-state index in [4.69, 9.17) is 11.1 Å². The molecule has 9 heteroatoms. The quantitative estimate of drug-likeness (QED) is 0.617. The Morgan fingerprint density at radius 2 is 2.08 bits per heavy atom. The van der Waals surface area contributed by atoms with Crippen LogP contribution in [0.4, 0.5) is 5.95 Å². The second kappa shape index (κ2) is 7.25. The van der Waals surface area contributed by atoms with Crippen LogP contribution in [0.3, 0.4) is 0 Å². The van der Waals surface area contributed by atoms with E-state index in [2.05, 4.69) is 15.2 Å². The molecule has 1 aromatic heterocycles. The Balaban J connectivity index is 0.00000196. The van der Waals surface area contributed by atoms with Crippen molar-refractivity contribution in [1.29, 1.82) is 5.41 Å². The Hall–Kier alpha value is -2.74. The molecule has 0 spiro atoms. The van der Waals surface area contributed by atoms with Gasteiger partial charge >= 0.3 is 0 Å². The van der Waals surface area contributed by atoms with Gasteiger partial charge in [0.1, 0.15) is 11.5 Å². The molecule has 1 atom stereocenters. The smallest absolute Gasteiger partial charge is 0.254 e. The third kappa shape index (κ3) is 3.20. The summed E-state index contributed by atoms with van der Waals surface area (Å²) < 4.78 is 0. The number of carbonyl (C=O) groups is 1. The maximum absolute atomic E-state index is 12.7. The van der Waals surface area contributed by atoms with Crippen LogP contribution in [0, 0.1) is 5.41 Å². The van der Waals surface area contributed by atoms with Gasteiger partial charge in [-0.05, 0) is 24.5 Å². The van der Waals surface area contributed by atoms with Crippen molar-refractivity contribution in [2.45, 2.75) is 25.4 Å². The van der Waals surface area contributed by atoms with E-state index >= 15 is 0 Å². The summed E-state index contributed by atoms with van der Waals surface area (Å²) in [6.45, 7) is 2.17. The molecule has 1 fully saturated rings. The number of amides is 1. The summed E-state index contributed by atoms with van der Waals surface area (Å²) in [5.41, 5.74) is 7.55. The highest BCUT2D eigenvalue weighted by molar-refractivity contribution is 5.98. The van der Waals surface area contributed by atoms with Crippen LogP contribution in [-0.2, 0) is 6.54 Å². The molecule has 1 aromatic carbocycles. The zero-order valence-electron chi connectivity index (χ0n) is 14.1. The first-order valence-electron chi connectivity index (χ1n) is 8.31. The first-order valence-corrected chi connectivity index (χ1v) is 8.31.